The Morgan fingerprint density at radius 2 is 2.00 bits per heavy atom. The van der Waals surface area contributed by atoms with Crippen LogP contribution in [0.25, 0.3) is 0 Å². The molecule has 4 heteroatoms. The van der Waals surface area contributed by atoms with Crippen LogP contribution >= 0.6 is 0 Å². The summed E-state index contributed by atoms with van der Waals surface area (Å²) in [5.74, 6) is 0.206. The number of carbonyl (C=O) groups is 1. The van der Waals surface area contributed by atoms with E-state index in [0.29, 0.717) is 12.5 Å². The van der Waals surface area contributed by atoms with E-state index in [4.69, 9.17) is 10.5 Å². The van der Waals surface area contributed by atoms with Gasteiger partial charge in [-0.3, -0.25) is 4.79 Å². The topological polar surface area (TPSA) is 52.3 Å². The summed E-state index contributed by atoms with van der Waals surface area (Å²) in [4.78, 5) is 11.1. The number of nitrogens with two attached hydrogens (primary N) is 1. The molecule has 3 nitrogen and oxygen atoms in total. The third kappa shape index (κ3) is 9.36. The fourth-order valence-electron chi connectivity index (χ4n) is 1.23. The van der Waals surface area contributed by atoms with E-state index < -0.39 is 6.04 Å². The van der Waals surface area contributed by atoms with Crippen molar-refractivity contribution in [2.75, 3.05) is 6.61 Å². The number of hydrogen-bond acceptors (Lipinski definition) is 3. The number of esters is 1. The zero-order chi connectivity index (χ0) is 11.0. The molecule has 0 rings (SSSR count). The molecule has 0 amide bonds. The van der Waals surface area contributed by atoms with Crippen LogP contribution in [-0.2, 0) is 9.53 Å². The summed E-state index contributed by atoms with van der Waals surface area (Å²) < 4.78 is 5.09. The maximum Gasteiger partial charge on any atom is 0.322 e. The van der Waals surface area contributed by atoms with Gasteiger partial charge in [0.15, 0.2) is 0 Å². The van der Waals surface area contributed by atoms with Crippen LogP contribution in [0.3, 0.4) is 0 Å². The molecule has 0 aliphatic carbocycles. The largest absolute Gasteiger partial charge is 0.464 e. The Morgan fingerprint density at radius 1 is 1.40 bits per heavy atom. The van der Waals surface area contributed by atoms with Crippen LogP contribution in [0.2, 0.25) is 0 Å². The van der Waals surface area contributed by atoms with Crippen LogP contribution in [0.5, 0.6) is 0 Å². The van der Waals surface area contributed by atoms with E-state index in [1.807, 2.05) is 0 Å². The molecule has 0 bridgehead atoms. The standard InChI is InChI=1S/C11H23NO2.Na/c1-4-6-7-10(5-2)8-14-11(13)9(3)12;/h9-10H,4-8,12H2,1-3H3;. The van der Waals surface area contributed by atoms with Gasteiger partial charge in [0.1, 0.15) is 6.04 Å². The molecule has 0 saturated heterocycles. The molecule has 0 aliphatic heterocycles. The van der Waals surface area contributed by atoms with Crippen molar-refractivity contribution >= 4 is 35.5 Å². The molecule has 2 atom stereocenters. The van der Waals surface area contributed by atoms with Crippen LogP contribution in [0.1, 0.15) is 46.5 Å². The van der Waals surface area contributed by atoms with Crippen molar-refractivity contribution in [2.24, 2.45) is 11.7 Å². The van der Waals surface area contributed by atoms with Gasteiger partial charge in [0.05, 0.1) is 6.61 Å². The van der Waals surface area contributed by atoms with Crippen molar-refractivity contribution < 1.29 is 9.53 Å². The minimum atomic E-state index is -0.501. The first-order chi connectivity index (χ1) is 6.61. The predicted octanol–water partition coefficient (Wildman–Crippen LogP) is 1.71. The SMILES string of the molecule is CCCCC(CC)COC(=O)C(C)N.[Na]. The van der Waals surface area contributed by atoms with Crippen LogP contribution in [0, 0.1) is 5.92 Å². The maximum atomic E-state index is 11.1. The minimum absolute atomic E-state index is 0. The van der Waals surface area contributed by atoms with E-state index in [9.17, 15) is 4.79 Å². The number of hydrogen-bond donors (Lipinski definition) is 1. The minimum Gasteiger partial charge on any atom is -0.464 e. The summed E-state index contributed by atoms with van der Waals surface area (Å²) in [6, 6.07) is -0.501. The first-order valence-electron chi connectivity index (χ1n) is 5.54. The van der Waals surface area contributed by atoms with Gasteiger partial charge in [-0.25, -0.2) is 0 Å². The van der Waals surface area contributed by atoms with Crippen LogP contribution in [0.4, 0.5) is 0 Å². The fourth-order valence-corrected chi connectivity index (χ4v) is 1.23. The number of unbranched alkanes of at least 4 members (excludes halogenated alkanes) is 1. The molecule has 85 valence electrons. The molecule has 0 aromatic carbocycles. The zero-order valence-corrected chi connectivity index (χ0v) is 12.6. The van der Waals surface area contributed by atoms with Crippen molar-refractivity contribution in [1.82, 2.24) is 0 Å². The summed E-state index contributed by atoms with van der Waals surface area (Å²) in [5.41, 5.74) is 5.39. The Bertz CT molecular complexity index is 163. The van der Waals surface area contributed by atoms with Crippen LogP contribution < -0.4 is 5.73 Å². The quantitative estimate of drug-likeness (QED) is 0.529. The van der Waals surface area contributed by atoms with Crippen molar-refractivity contribution in [2.45, 2.75) is 52.5 Å². The van der Waals surface area contributed by atoms with E-state index in [-0.39, 0.29) is 35.5 Å². The molecule has 0 aromatic heterocycles. The first kappa shape index (κ1) is 17.8. The molecular weight excluding hydrogens is 201 g/mol. The first-order valence-corrected chi connectivity index (χ1v) is 5.54. The zero-order valence-electron chi connectivity index (χ0n) is 10.6. The van der Waals surface area contributed by atoms with E-state index >= 15 is 0 Å². The average Bonchev–Trinajstić information content (AvgIpc) is 2.17. The van der Waals surface area contributed by atoms with Crippen LogP contribution in [-0.4, -0.2) is 48.2 Å². The second-order valence-corrected chi connectivity index (χ2v) is 3.84. The van der Waals surface area contributed by atoms with Crippen LogP contribution in [0.15, 0.2) is 0 Å². The Hall–Kier alpha value is 0.430. The van der Waals surface area contributed by atoms with Gasteiger partial charge in [-0.2, -0.15) is 0 Å². The van der Waals surface area contributed by atoms with Gasteiger partial charge in [0, 0.05) is 29.6 Å². The van der Waals surface area contributed by atoms with Gasteiger partial charge < -0.3 is 10.5 Å². The third-order valence-electron chi connectivity index (χ3n) is 2.38. The van der Waals surface area contributed by atoms with E-state index in [0.717, 1.165) is 12.8 Å². The maximum absolute atomic E-state index is 11.1. The van der Waals surface area contributed by atoms with Crippen molar-refractivity contribution in [3.8, 4) is 0 Å². The average molecular weight is 224 g/mol. The van der Waals surface area contributed by atoms with Crippen molar-refractivity contribution in [3.63, 3.8) is 0 Å². The van der Waals surface area contributed by atoms with Gasteiger partial charge in [0.25, 0.3) is 0 Å². The summed E-state index contributed by atoms with van der Waals surface area (Å²) in [7, 11) is 0. The summed E-state index contributed by atoms with van der Waals surface area (Å²) >= 11 is 0. The molecule has 2 N–H and O–H groups in total. The van der Waals surface area contributed by atoms with Gasteiger partial charge in [-0.1, -0.05) is 33.1 Å². The van der Waals surface area contributed by atoms with E-state index in [1.165, 1.54) is 12.8 Å². The van der Waals surface area contributed by atoms with Crippen molar-refractivity contribution in [3.05, 3.63) is 0 Å². The molecular formula is C11H23NNaO2. The van der Waals surface area contributed by atoms with Gasteiger partial charge in [-0.15, -0.1) is 0 Å². The number of ether oxygens (including phenoxy) is 1. The fraction of sp³-hybridized carbons (Fsp3) is 0.909. The second-order valence-electron chi connectivity index (χ2n) is 3.84. The molecule has 0 saturated carbocycles. The Labute approximate surface area is 115 Å². The molecule has 2 unspecified atom stereocenters. The smallest absolute Gasteiger partial charge is 0.322 e. The Balaban J connectivity index is 0. The molecule has 0 aliphatic rings. The number of carbonyl (C=O) groups excluding carboxylic acids is 1. The van der Waals surface area contributed by atoms with Gasteiger partial charge in [-0.05, 0) is 19.3 Å². The molecule has 0 spiro atoms. The summed E-state index contributed by atoms with van der Waals surface area (Å²) in [6.07, 6.45) is 4.59. The van der Waals surface area contributed by atoms with E-state index in [2.05, 4.69) is 13.8 Å². The summed E-state index contributed by atoms with van der Waals surface area (Å²) in [5, 5.41) is 0. The van der Waals surface area contributed by atoms with Crippen molar-refractivity contribution in [1.29, 1.82) is 0 Å². The third-order valence-corrected chi connectivity index (χ3v) is 2.38. The van der Waals surface area contributed by atoms with Gasteiger partial charge in [0.2, 0.25) is 0 Å². The molecule has 0 heterocycles. The molecule has 0 aromatic rings. The molecule has 1 radical (unpaired) electrons. The monoisotopic (exact) mass is 224 g/mol. The predicted molar refractivity (Wildman–Crippen MR) is 63.7 cm³/mol. The second kappa shape index (κ2) is 10.9. The van der Waals surface area contributed by atoms with Gasteiger partial charge >= 0.3 is 5.97 Å². The molecule has 15 heavy (non-hydrogen) atoms. The summed E-state index contributed by atoms with van der Waals surface area (Å²) in [6.45, 7) is 6.47. The Morgan fingerprint density at radius 3 is 2.40 bits per heavy atom. The molecule has 0 fully saturated rings. The normalized spacial score (nSPS) is 13.9. The number of rotatable bonds is 7. The Kier molecular flexibility index (Phi) is 13.0. The van der Waals surface area contributed by atoms with E-state index in [1.54, 1.807) is 6.92 Å².